The fourth-order valence-electron chi connectivity index (χ4n) is 2.35. The molecule has 0 saturated carbocycles. The minimum atomic E-state index is -0.635. The van der Waals surface area contributed by atoms with E-state index in [0.29, 0.717) is 6.54 Å². The zero-order valence-corrected chi connectivity index (χ0v) is 18.3. The molecule has 0 radical (unpaired) electrons. The third-order valence-corrected chi connectivity index (χ3v) is 5.40. The number of nitrogens with zero attached hydrogens (tertiary/aromatic N) is 2. The van der Waals surface area contributed by atoms with Gasteiger partial charge < -0.3 is 15.3 Å². The molecule has 0 amide bonds. The van der Waals surface area contributed by atoms with Crippen LogP contribution in [-0.4, -0.2) is 53.2 Å². The maximum atomic E-state index is 10.4. The Bertz CT molecular complexity index is 507. The Morgan fingerprint density at radius 1 is 1.43 bits per heavy atom. The zero-order chi connectivity index (χ0) is 16.0. The number of guanidine groups is 1. The molecule has 1 aliphatic rings. The van der Waals surface area contributed by atoms with E-state index in [4.69, 9.17) is 0 Å². The summed E-state index contributed by atoms with van der Waals surface area (Å²) in [5.74, 6) is 2.65. The van der Waals surface area contributed by atoms with Crippen LogP contribution in [0.4, 0.5) is 0 Å². The number of rotatable bonds is 5. The average molecular weight is 514 g/mol. The molecule has 4 nitrogen and oxygen atoms in total. The second-order valence-corrected chi connectivity index (χ2v) is 7.70. The lowest BCUT2D eigenvalue weighted by atomic mass is 10.0. The Hall–Kier alpha value is 0.01000. The number of halogens is 2. The summed E-state index contributed by atoms with van der Waals surface area (Å²) in [7, 11) is 2.02. The van der Waals surface area contributed by atoms with Crippen molar-refractivity contribution in [2.24, 2.45) is 4.99 Å². The lowest BCUT2D eigenvalue weighted by Crippen LogP contribution is -2.41. The number of aliphatic hydroxyl groups is 1. The van der Waals surface area contributed by atoms with E-state index in [1.165, 1.54) is 5.56 Å². The maximum Gasteiger partial charge on any atom is 0.194 e. The van der Waals surface area contributed by atoms with Crippen molar-refractivity contribution in [1.29, 1.82) is 0 Å². The topological polar surface area (TPSA) is 47.9 Å². The van der Waals surface area contributed by atoms with Crippen molar-refractivity contribution >= 4 is 57.6 Å². The molecule has 1 aromatic rings. The fraction of sp³-hybridized carbons (Fsp3) is 0.562. The highest BCUT2D eigenvalue weighted by Gasteiger charge is 2.31. The third kappa shape index (κ3) is 6.80. The molecular formula is C16H25BrIN3OS. The molecule has 1 fully saturated rings. The van der Waals surface area contributed by atoms with Crippen LogP contribution in [0.25, 0.3) is 0 Å². The minimum absolute atomic E-state index is 0. The molecular weight excluding hydrogens is 489 g/mol. The molecule has 1 saturated heterocycles. The first kappa shape index (κ1) is 21.1. The summed E-state index contributed by atoms with van der Waals surface area (Å²) in [5, 5.41) is 13.7. The standard InChI is InChI=1S/C16H24BrN3OS.HI/c1-3-18-15(19-11-16(21)8-9-22-12-16)20(2)10-13-4-6-14(17)7-5-13;/h4-7,21H,3,8-12H2,1-2H3,(H,18,19);1H. The Morgan fingerprint density at radius 2 is 2.13 bits per heavy atom. The summed E-state index contributed by atoms with van der Waals surface area (Å²) in [6.07, 6.45) is 0.830. The van der Waals surface area contributed by atoms with Gasteiger partial charge in [-0.3, -0.25) is 4.99 Å². The second kappa shape index (κ2) is 10.1. The van der Waals surface area contributed by atoms with Gasteiger partial charge in [0.2, 0.25) is 0 Å². The first-order chi connectivity index (χ1) is 10.5. The van der Waals surface area contributed by atoms with E-state index < -0.39 is 5.60 Å². The zero-order valence-electron chi connectivity index (χ0n) is 13.6. The molecule has 2 N–H and O–H groups in total. The van der Waals surface area contributed by atoms with Gasteiger partial charge in [0.05, 0.1) is 12.1 Å². The van der Waals surface area contributed by atoms with Gasteiger partial charge in [0.25, 0.3) is 0 Å². The first-order valence-electron chi connectivity index (χ1n) is 7.56. The molecule has 1 aromatic carbocycles. The number of hydrogen-bond acceptors (Lipinski definition) is 3. The molecule has 23 heavy (non-hydrogen) atoms. The Balaban J connectivity index is 0.00000264. The van der Waals surface area contributed by atoms with Crippen LogP contribution in [0.2, 0.25) is 0 Å². The lowest BCUT2D eigenvalue weighted by molar-refractivity contribution is 0.0776. The van der Waals surface area contributed by atoms with E-state index >= 15 is 0 Å². The number of aliphatic imine (C=N–C) groups is 1. The van der Waals surface area contributed by atoms with Crippen LogP contribution < -0.4 is 5.32 Å². The van der Waals surface area contributed by atoms with Crippen molar-refractivity contribution in [2.45, 2.75) is 25.5 Å². The van der Waals surface area contributed by atoms with Gasteiger partial charge in [0.1, 0.15) is 0 Å². The molecule has 1 heterocycles. The summed E-state index contributed by atoms with van der Waals surface area (Å²) in [6.45, 7) is 4.12. The molecule has 1 aliphatic heterocycles. The molecule has 0 aliphatic carbocycles. The van der Waals surface area contributed by atoms with E-state index in [0.717, 1.165) is 41.4 Å². The van der Waals surface area contributed by atoms with Gasteiger partial charge in [-0.2, -0.15) is 11.8 Å². The van der Waals surface area contributed by atoms with Gasteiger partial charge in [0, 0.05) is 30.4 Å². The molecule has 1 atom stereocenters. The molecule has 1 unspecified atom stereocenters. The second-order valence-electron chi connectivity index (χ2n) is 5.68. The van der Waals surface area contributed by atoms with Gasteiger partial charge in [-0.05, 0) is 36.8 Å². The SMILES string of the molecule is CCNC(=NCC1(O)CCSC1)N(C)Cc1ccc(Br)cc1.I. The van der Waals surface area contributed by atoms with Gasteiger partial charge in [0.15, 0.2) is 5.96 Å². The van der Waals surface area contributed by atoms with E-state index in [9.17, 15) is 5.11 Å². The number of thioether (sulfide) groups is 1. The van der Waals surface area contributed by atoms with Crippen LogP contribution in [0, 0.1) is 0 Å². The van der Waals surface area contributed by atoms with Crippen molar-refractivity contribution in [3.05, 3.63) is 34.3 Å². The summed E-state index contributed by atoms with van der Waals surface area (Å²) >= 11 is 5.26. The normalized spacial score (nSPS) is 21.0. The third-order valence-electron chi connectivity index (χ3n) is 3.64. The molecule has 0 spiro atoms. The van der Waals surface area contributed by atoms with Gasteiger partial charge in [-0.25, -0.2) is 0 Å². The van der Waals surface area contributed by atoms with Crippen LogP contribution >= 0.6 is 51.7 Å². The van der Waals surface area contributed by atoms with Crippen LogP contribution in [0.15, 0.2) is 33.7 Å². The summed E-state index contributed by atoms with van der Waals surface area (Å²) in [6, 6.07) is 8.30. The highest BCUT2D eigenvalue weighted by Crippen LogP contribution is 2.27. The fourth-order valence-corrected chi connectivity index (χ4v) is 3.90. The summed E-state index contributed by atoms with van der Waals surface area (Å²) in [5.41, 5.74) is 0.593. The van der Waals surface area contributed by atoms with Crippen molar-refractivity contribution < 1.29 is 5.11 Å². The van der Waals surface area contributed by atoms with Crippen molar-refractivity contribution in [1.82, 2.24) is 10.2 Å². The van der Waals surface area contributed by atoms with E-state index in [2.05, 4.69) is 50.2 Å². The molecule has 0 aromatic heterocycles. The highest BCUT2D eigenvalue weighted by atomic mass is 127. The predicted molar refractivity (Wildman–Crippen MR) is 114 cm³/mol. The minimum Gasteiger partial charge on any atom is -0.387 e. The van der Waals surface area contributed by atoms with Crippen molar-refractivity contribution in [3.63, 3.8) is 0 Å². The van der Waals surface area contributed by atoms with Gasteiger partial charge >= 0.3 is 0 Å². The van der Waals surface area contributed by atoms with Crippen molar-refractivity contribution in [3.8, 4) is 0 Å². The van der Waals surface area contributed by atoms with Crippen LogP contribution in [0.5, 0.6) is 0 Å². The summed E-state index contributed by atoms with van der Waals surface area (Å²) < 4.78 is 1.08. The first-order valence-corrected chi connectivity index (χ1v) is 9.51. The monoisotopic (exact) mass is 513 g/mol. The Labute approximate surface area is 168 Å². The Kier molecular flexibility index (Phi) is 9.25. The van der Waals surface area contributed by atoms with Gasteiger partial charge in [-0.15, -0.1) is 24.0 Å². The number of hydrogen-bond donors (Lipinski definition) is 2. The maximum absolute atomic E-state index is 10.4. The lowest BCUT2D eigenvalue weighted by Gasteiger charge is -2.24. The quantitative estimate of drug-likeness (QED) is 0.360. The average Bonchev–Trinajstić information content (AvgIpc) is 2.93. The molecule has 0 bridgehead atoms. The van der Waals surface area contributed by atoms with E-state index in [1.807, 2.05) is 19.2 Å². The predicted octanol–water partition coefficient (Wildman–Crippen LogP) is 3.33. The van der Waals surface area contributed by atoms with E-state index in [1.54, 1.807) is 11.8 Å². The Morgan fingerprint density at radius 3 is 2.70 bits per heavy atom. The largest absolute Gasteiger partial charge is 0.387 e. The summed E-state index contributed by atoms with van der Waals surface area (Å²) in [4.78, 5) is 6.74. The smallest absolute Gasteiger partial charge is 0.194 e. The number of nitrogens with one attached hydrogen (secondary N) is 1. The number of benzene rings is 1. The highest BCUT2D eigenvalue weighted by molar-refractivity contribution is 14.0. The van der Waals surface area contributed by atoms with Gasteiger partial charge in [-0.1, -0.05) is 28.1 Å². The molecule has 7 heteroatoms. The van der Waals surface area contributed by atoms with Crippen LogP contribution in [-0.2, 0) is 6.54 Å². The molecule has 130 valence electrons. The van der Waals surface area contributed by atoms with Crippen LogP contribution in [0.1, 0.15) is 18.9 Å². The van der Waals surface area contributed by atoms with Crippen molar-refractivity contribution in [2.75, 3.05) is 31.6 Å². The van der Waals surface area contributed by atoms with Crippen LogP contribution in [0.3, 0.4) is 0 Å². The van der Waals surface area contributed by atoms with E-state index in [-0.39, 0.29) is 24.0 Å². The molecule has 2 rings (SSSR count).